The minimum Gasteiger partial charge on any atom is -0.381 e. The standard InChI is InChI=1S/C20H31N3O2/c1-13(2)18-20(7-9-25-10-8-20)12-22(18)19(24)16-11-21-23(14(3)4)17(16)15-5-6-15/h11,13-15,18H,5-10,12H2,1-4H3. The maximum absolute atomic E-state index is 13.4. The molecular weight excluding hydrogens is 314 g/mol. The number of ether oxygens (including phenoxy) is 1. The van der Waals surface area contributed by atoms with Crippen molar-refractivity contribution < 1.29 is 9.53 Å². The molecule has 5 heteroatoms. The largest absolute Gasteiger partial charge is 0.381 e. The van der Waals surface area contributed by atoms with Gasteiger partial charge in [-0.05, 0) is 45.4 Å². The fraction of sp³-hybridized carbons (Fsp3) is 0.800. The molecule has 5 nitrogen and oxygen atoms in total. The summed E-state index contributed by atoms with van der Waals surface area (Å²) in [6.07, 6.45) is 6.37. The molecule has 25 heavy (non-hydrogen) atoms. The Kier molecular flexibility index (Phi) is 4.18. The summed E-state index contributed by atoms with van der Waals surface area (Å²) in [5.74, 6) is 1.20. The molecule has 0 bridgehead atoms. The van der Waals surface area contributed by atoms with Crippen molar-refractivity contribution in [2.75, 3.05) is 19.8 Å². The Labute approximate surface area is 150 Å². The van der Waals surface area contributed by atoms with Gasteiger partial charge >= 0.3 is 0 Å². The molecule has 1 spiro atoms. The van der Waals surface area contributed by atoms with Gasteiger partial charge in [0.25, 0.3) is 5.91 Å². The zero-order chi connectivity index (χ0) is 17.8. The van der Waals surface area contributed by atoms with Crippen molar-refractivity contribution in [1.82, 2.24) is 14.7 Å². The third kappa shape index (κ3) is 2.71. The van der Waals surface area contributed by atoms with Gasteiger partial charge in [0.05, 0.1) is 17.5 Å². The highest BCUT2D eigenvalue weighted by molar-refractivity contribution is 5.96. The molecule has 0 aromatic carbocycles. The summed E-state index contributed by atoms with van der Waals surface area (Å²) in [5.41, 5.74) is 2.30. The first-order valence-electron chi connectivity index (χ1n) is 9.91. The minimum absolute atomic E-state index is 0.199. The third-order valence-electron chi connectivity index (χ3n) is 6.35. The Balaban J connectivity index is 1.61. The first kappa shape index (κ1) is 17.1. The monoisotopic (exact) mass is 345 g/mol. The molecule has 0 radical (unpaired) electrons. The zero-order valence-electron chi connectivity index (χ0n) is 16.0. The van der Waals surface area contributed by atoms with Gasteiger partial charge in [-0.2, -0.15) is 5.10 Å². The summed E-state index contributed by atoms with van der Waals surface area (Å²) in [6.45, 7) is 11.3. The van der Waals surface area contributed by atoms with Gasteiger partial charge in [0.2, 0.25) is 0 Å². The number of carbonyl (C=O) groups excluding carboxylic acids is 1. The van der Waals surface area contributed by atoms with E-state index in [2.05, 4.69) is 42.4 Å². The van der Waals surface area contributed by atoms with Crippen molar-refractivity contribution in [3.05, 3.63) is 17.5 Å². The lowest BCUT2D eigenvalue weighted by Crippen LogP contribution is -2.69. The quantitative estimate of drug-likeness (QED) is 0.837. The molecule has 1 amide bonds. The summed E-state index contributed by atoms with van der Waals surface area (Å²) in [7, 11) is 0. The number of carbonyl (C=O) groups is 1. The molecule has 3 fully saturated rings. The first-order valence-corrected chi connectivity index (χ1v) is 9.91. The average molecular weight is 345 g/mol. The van der Waals surface area contributed by atoms with Crippen molar-refractivity contribution in [1.29, 1.82) is 0 Å². The molecule has 3 aliphatic rings. The molecule has 2 aliphatic heterocycles. The van der Waals surface area contributed by atoms with Crippen molar-refractivity contribution in [2.45, 2.75) is 71.4 Å². The van der Waals surface area contributed by atoms with Gasteiger partial charge < -0.3 is 9.64 Å². The lowest BCUT2D eigenvalue weighted by molar-refractivity contribution is -0.128. The average Bonchev–Trinajstić information content (AvgIpc) is 3.30. The van der Waals surface area contributed by atoms with E-state index in [9.17, 15) is 4.79 Å². The summed E-state index contributed by atoms with van der Waals surface area (Å²) in [4.78, 5) is 15.5. The predicted octanol–water partition coefficient (Wildman–Crippen LogP) is 3.62. The van der Waals surface area contributed by atoms with E-state index in [1.807, 2.05) is 6.20 Å². The highest BCUT2D eigenvalue weighted by Crippen LogP contribution is 2.50. The zero-order valence-corrected chi connectivity index (χ0v) is 16.0. The molecule has 3 heterocycles. The fourth-order valence-corrected chi connectivity index (χ4v) is 5.11. The summed E-state index contributed by atoms with van der Waals surface area (Å²) in [5, 5.41) is 4.56. The number of likely N-dealkylation sites (tertiary alicyclic amines) is 1. The minimum atomic E-state index is 0.199. The van der Waals surface area contributed by atoms with Crippen LogP contribution in [0.25, 0.3) is 0 Å². The second-order valence-electron chi connectivity index (χ2n) is 8.85. The van der Waals surface area contributed by atoms with E-state index in [0.29, 0.717) is 23.9 Å². The van der Waals surface area contributed by atoms with Crippen LogP contribution in [0.5, 0.6) is 0 Å². The Hall–Kier alpha value is -1.36. The van der Waals surface area contributed by atoms with E-state index in [0.717, 1.165) is 38.2 Å². The lowest BCUT2D eigenvalue weighted by Gasteiger charge is -2.61. The van der Waals surface area contributed by atoms with Crippen molar-refractivity contribution in [3.63, 3.8) is 0 Å². The predicted molar refractivity (Wildman–Crippen MR) is 96.7 cm³/mol. The van der Waals surface area contributed by atoms with Crippen LogP contribution in [0.3, 0.4) is 0 Å². The van der Waals surface area contributed by atoms with Gasteiger partial charge in [0.15, 0.2) is 0 Å². The molecule has 1 atom stereocenters. The molecule has 1 aliphatic carbocycles. The van der Waals surface area contributed by atoms with E-state index in [1.54, 1.807) is 0 Å². The molecular formula is C20H31N3O2. The molecule has 1 saturated carbocycles. The maximum atomic E-state index is 13.4. The Morgan fingerprint density at radius 1 is 1.24 bits per heavy atom. The summed E-state index contributed by atoms with van der Waals surface area (Å²) in [6, 6.07) is 0.634. The highest BCUT2D eigenvalue weighted by atomic mass is 16.5. The van der Waals surface area contributed by atoms with Crippen LogP contribution in [0.15, 0.2) is 6.20 Å². The Bertz CT molecular complexity index is 654. The third-order valence-corrected chi connectivity index (χ3v) is 6.35. The molecule has 1 unspecified atom stereocenters. The molecule has 1 aromatic heterocycles. The summed E-state index contributed by atoms with van der Waals surface area (Å²) < 4.78 is 7.65. The molecule has 138 valence electrons. The number of hydrogen-bond acceptors (Lipinski definition) is 3. The van der Waals surface area contributed by atoms with Gasteiger partial charge in [-0.1, -0.05) is 13.8 Å². The van der Waals surface area contributed by atoms with E-state index in [-0.39, 0.29) is 11.3 Å². The van der Waals surface area contributed by atoms with Gasteiger partial charge in [-0.3, -0.25) is 9.48 Å². The van der Waals surface area contributed by atoms with E-state index in [4.69, 9.17) is 4.74 Å². The van der Waals surface area contributed by atoms with Crippen LogP contribution in [0, 0.1) is 11.3 Å². The molecule has 1 aromatic rings. The van der Waals surface area contributed by atoms with Crippen molar-refractivity contribution in [3.8, 4) is 0 Å². The van der Waals surface area contributed by atoms with Crippen LogP contribution in [-0.4, -0.2) is 46.4 Å². The van der Waals surface area contributed by atoms with Crippen LogP contribution in [0.4, 0.5) is 0 Å². The maximum Gasteiger partial charge on any atom is 0.257 e. The number of hydrogen-bond donors (Lipinski definition) is 0. The van der Waals surface area contributed by atoms with Gasteiger partial charge in [0.1, 0.15) is 0 Å². The van der Waals surface area contributed by atoms with E-state index in [1.165, 1.54) is 18.5 Å². The van der Waals surface area contributed by atoms with Gasteiger partial charge in [-0.15, -0.1) is 0 Å². The lowest BCUT2D eigenvalue weighted by atomic mass is 9.62. The number of nitrogens with zero attached hydrogens (tertiary/aromatic N) is 3. The smallest absolute Gasteiger partial charge is 0.257 e. The van der Waals surface area contributed by atoms with Gasteiger partial charge in [-0.25, -0.2) is 0 Å². The number of aromatic nitrogens is 2. The topological polar surface area (TPSA) is 47.4 Å². The van der Waals surface area contributed by atoms with Crippen molar-refractivity contribution >= 4 is 5.91 Å². The van der Waals surface area contributed by atoms with Crippen LogP contribution < -0.4 is 0 Å². The molecule has 0 N–H and O–H groups in total. The molecule has 2 saturated heterocycles. The normalized spacial score (nSPS) is 25.7. The van der Waals surface area contributed by atoms with Crippen LogP contribution >= 0.6 is 0 Å². The van der Waals surface area contributed by atoms with Crippen LogP contribution in [-0.2, 0) is 4.74 Å². The van der Waals surface area contributed by atoms with E-state index >= 15 is 0 Å². The Morgan fingerprint density at radius 3 is 2.48 bits per heavy atom. The Morgan fingerprint density at radius 2 is 1.92 bits per heavy atom. The van der Waals surface area contributed by atoms with Crippen LogP contribution in [0.1, 0.15) is 81.4 Å². The van der Waals surface area contributed by atoms with Crippen LogP contribution in [0.2, 0.25) is 0 Å². The SMILES string of the molecule is CC(C)C1N(C(=O)c2cnn(C(C)C)c2C2CC2)CC12CCOCC2. The second kappa shape index (κ2) is 6.11. The van der Waals surface area contributed by atoms with E-state index < -0.39 is 0 Å². The highest BCUT2D eigenvalue weighted by Gasteiger charge is 2.56. The number of rotatable bonds is 4. The first-order chi connectivity index (χ1) is 11.9. The fourth-order valence-electron chi connectivity index (χ4n) is 5.11. The summed E-state index contributed by atoms with van der Waals surface area (Å²) >= 11 is 0. The molecule has 4 rings (SSSR count). The van der Waals surface area contributed by atoms with Gasteiger partial charge in [0, 0.05) is 43.2 Å². The number of amides is 1. The second-order valence-corrected chi connectivity index (χ2v) is 8.85. The van der Waals surface area contributed by atoms with Crippen molar-refractivity contribution in [2.24, 2.45) is 11.3 Å².